The lowest BCUT2D eigenvalue weighted by Crippen LogP contribution is -2.24. The number of likely N-dealkylation sites (tertiary alicyclic amines) is 1. The van der Waals surface area contributed by atoms with Crippen LogP contribution >= 0.6 is 0 Å². The fourth-order valence-corrected chi connectivity index (χ4v) is 4.98. The number of amides is 1. The van der Waals surface area contributed by atoms with E-state index in [1.54, 1.807) is 12.1 Å². The lowest BCUT2D eigenvalue weighted by molar-refractivity contribution is -0.128. The van der Waals surface area contributed by atoms with Gasteiger partial charge in [0, 0.05) is 32.0 Å². The van der Waals surface area contributed by atoms with Crippen molar-refractivity contribution in [3.05, 3.63) is 95.1 Å². The number of fused-ring (bicyclic) bond motifs is 1. The number of hydrogen-bond acceptors (Lipinski definition) is 3. The van der Waals surface area contributed by atoms with E-state index < -0.39 is 0 Å². The predicted molar refractivity (Wildman–Crippen MR) is 135 cm³/mol. The summed E-state index contributed by atoms with van der Waals surface area (Å²) < 4.78 is 21.5. The highest BCUT2D eigenvalue weighted by molar-refractivity contribution is 5.81. The average molecular weight is 472 g/mol. The number of imidazole rings is 1. The number of hydrogen-bond donors (Lipinski definition) is 0. The van der Waals surface area contributed by atoms with Gasteiger partial charge in [0.15, 0.2) is 0 Å². The summed E-state index contributed by atoms with van der Waals surface area (Å²) in [6, 6.07) is 20.7. The van der Waals surface area contributed by atoms with Crippen molar-refractivity contribution in [2.45, 2.75) is 45.7 Å². The highest BCUT2D eigenvalue weighted by Crippen LogP contribution is 2.31. The number of rotatable bonds is 8. The number of benzene rings is 3. The first-order chi connectivity index (χ1) is 17.0. The summed E-state index contributed by atoms with van der Waals surface area (Å²) in [5, 5.41) is 0. The Morgan fingerprint density at radius 3 is 2.54 bits per heavy atom. The Kier molecular flexibility index (Phi) is 6.53. The van der Waals surface area contributed by atoms with E-state index in [9.17, 15) is 9.18 Å². The van der Waals surface area contributed by atoms with Gasteiger partial charge in [0.2, 0.25) is 5.91 Å². The van der Waals surface area contributed by atoms with E-state index in [1.807, 2.05) is 23.1 Å². The molecular weight excluding hydrogens is 441 g/mol. The minimum absolute atomic E-state index is 0.0238. The van der Waals surface area contributed by atoms with Crippen LogP contribution in [-0.4, -0.2) is 33.5 Å². The largest absolute Gasteiger partial charge is 0.494 e. The summed E-state index contributed by atoms with van der Waals surface area (Å²) in [4.78, 5) is 19.6. The highest BCUT2D eigenvalue weighted by Gasteiger charge is 2.34. The Morgan fingerprint density at radius 2 is 1.77 bits per heavy atom. The van der Waals surface area contributed by atoms with Crippen LogP contribution in [0.4, 0.5) is 4.39 Å². The molecule has 0 aliphatic carbocycles. The van der Waals surface area contributed by atoms with Crippen molar-refractivity contribution in [1.29, 1.82) is 0 Å². The number of para-hydroxylation sites is 2. The molecule has 4 aromatic rings. The molecule has 35 heavy (non-hydrogen) atoms. The molecule has 0 radical (unpaired) electrons. The molecule has 5 rings (SSSR count). The Labute approximate surface area is 205 Å². The van der Waals surface area contributed by atoms with Crippen molar-refractivity contribution in [2.24, 2.45) is 0 Å². The minimum atomic E-state index is -0.269. The molecule has 6 heteroatoms. The van der Waals surface area contributed by atoms with Gasteiger partial charge in [0.1, 0.15) is 17.4 Å². The van der Waals surface area contributed by atoms with Crippen LogP contribution in [0.2, 0.25) is 0 Å². The molecule has 1 fully saturated rings. The van der Waals surface area contributed by atoms with Crippen molar-refractivity contribution in [1.82, 2.24) is 14.5 Å². The Balaban J connectivity index is 1.30. The number of aromatic nitrogens is 2. The van der Waals surface area contributed by atoms with Gasteiger partial charge in [-0.05, 0) is 73.4 Å². The standard InChI is InChI=1S/C29H30FN3O2/c1-20-14-21(2)16-25(15-20)35-13-5-12-33-27-7-4-3-6-26(27)31-29(33)23-17-28(34)32(19-23)18-22-8-10-24(30)11-9-22/h3-4,6-11,14-16,23H,5,12-13,17-19H2,1-2H3. The van der Waals surface area contributed by atoms with E-state index in [4.69, 9.17) is 9.72 Å². The first kappa shape index (κ1) is 23.1. The molecule has 1 atom stereocenters. The second-order valence-electron chi connectivity index (χ2n) is 9.44. The van der Waals surface area contributed by atoms with Crippen LogP contribution in [0.1, 0.15) is 41.3 Å². The maximum atomic E-state index is 13.3. The van der Waals surface area contributed by atoms with Gasteiger partial charge in [-0.1, -0.05) is 30.3 Å². The maximum absolute atomic E-state index is 13.3. The lowest BCUT2D eigenvalue weighted by atomic mass is 10.1. The zero-order valence-electron chi connectivity index (χ0n) is 20.2. The van der Waals surface area contributed by atoms with Crippen LogP contribution < -0.4 is 4.74 Å². The SMILES string of the molecule is Cc1cc(C)cc(OCCCn2c(C3CC(=O)N(Cc4ccc(F)cc4)C3)nc3ccccc32)c1. The van der Waals surface area contributed by atoms with Crippen molar-refractivity contribution >= 4 is 16.9 Å². The van der Waals surface area contributed by atoms with Gasteiger partial charge in [-0.15, -0.1) is 0 Å². The molecule has 0 bridgehead atoms. The summed E-state index contributed by atoms with van der Waals surface area (Å²) in [5.41, 5.74) is 5.34. The van der Waals surface area contributed by atoms with E-state index in [-0.39, 0.29) is 17.6 Å². The van der Waals surface area contributed by atoms with Crippen LogP contribution in [-0.2, 0) is 17.9 Å². The number of carbonyl (C=O) groups is 1. The summed E-state index contributed by atoms with van der Waals surface area (Å²) in [6.07, 6.45) is 1.27. The fourth-order valence-electron chi connectivity index (χ4n) is 4.98. The second-order valence-corrected chi connectivity index (χ2v) is 9.44. The third-order valence-electron chi connectivity index (χ3n) is 6.54. The van der Waals surface area contributed by atoms with E-state index in [2.05, 4.69) is 42.7 Å². The molecule has 5 nitrogen and oxygen atoms in total. The smallest absolute Gasteiger partial charge is 0.223 e. The monoisotopic (exact) mass is 471 g/mol. The fraction of sp³-hybridized carbons (Fsp3) is 0.310. The minimum Gasteiger partial charge on any atom is -0.494 e. The molecule has 0 N–H and O–H groups in total. The van der Waals surface area contributed by atoms with Crippen LogP contribution in [0, 0.1) is 19.7 Å². The maximum Gasteiger partial charge on any atom is 0.223 e. The molecule has 1 amide bonds. The highest BCUT2D eigenvalue weighted by atomic mass is 19.1. The van der Waals surface area contributed by atoms with Gasteiger partial charge >= 0.3 is 0 Å². The molecule has 2 heterocycles. The van der Waals surface area contributed by atoms with Gasteiger partial charge in [0.05, 0.1) is 17.6 Å². The van der Waals surface area contributed by atoms with Gasteiger partial charge in [-0.3, -0.25) is 4.79 Å². The van der Waals surface area contributed by atoms with E-state index in [1.165, 1.54) is 23.3 Å². The van der Waals surface area contributed by atoms with E-state index >= 15 is 0 Å². The van der Waals surface area contributed by atoms with Crippen LogP contribution in [0.25, 0.3) is 11.0 Å². The third kappa shape index (κ3) is 5.21. The zero-order chi connectivity index (χ0) is 24.4. The number of carbonyl (C=O) groups excluding carboxylic acids is 1. The lowest BCUT2D eigenvalue weighted by Gasteiger charge is -2.17. The summed E-state index contributed by atoms with van der Waals surface area (Å²) in [7, 11) is 0. The van der Waals surface area contributed by atoms with Crippen LogP contribution in [0.5, 0.6) is 5.75 Å². The summed E-state index contributed by atoms with van der Waals surface area (Å²) in [5.74, 6) is 1.71. The number of halogens is 1. The van der Waals surface area contributed by atoms with Gasteiger partial charge in [-0.25, -0.2) is 9.37 Å². The first-order valence-corrected chi connectivity index (χ1v) is 12.1. The van der Waals surface area contributed by atoms with Gasteiger partial charge in [-0.2, -0.15) is 0 Å². The zero-order valence-corrected chi connectivity index (χ0v) is 20.2. The van der Waals surface area contributed by atoms with E-state index in [0.717, 1.165) is 41.1 Å². The summed E-state index contributed by atoms with van der Waals surface area (Å²) >= 11 is 0. The molecule has 1 aromatic heterocycles. The molecule has 0 saturated carbocycles. The van der Waals surface area contributed by atoms with E-state index in [0.29, 0.717) is 26.1 Å². The Hall–Kier alpha value is -3.67. The van der Waals surface area contributed by atoms with Gasteiger partial charge < -0.3 is 14.2 Å². The molecule has 0 spiro atoms. The van der Waals surface area contributed by atoms with Gasteiger partial charge in [0.25, 0.3) is 0 Å². The van der Waals surface area contributed by atoms with Crippen molar-refractivity contribution in [3.8, 4) is 5.75 Å². The first-order valence-electron chi connectivity index (χ1n) is 12.1. The normalized spacial score (nSPS) is 15.8. The van der Waals surface area contributed by atoms with Crippen LogP contribution in [0.3, 0.4) is 0 Å². The molecule has 3 aromatic carbocycles. The number of ether oxygens (including phenoxy) is 1. The molecule has 1 aliphatic rings. The van der Waals surface area contributed by atoms with Crippen molar-refractivity contribution in [2.75, 3.05) is 13.2 Å². The second kappa shape index (κ2) is 9.90. The average Bonchev–Trinajstić information content (AvgIpc) is 3.38. The predicted octanol–water partition coefficient (Wildman–Crippen LogP) is 5.78. The van der Waals surface area contributed by atoms with Crippen molar-refractivity contribution < 1.29 is 13.9 Å². The van der Waals surface area contributed by atoms with Crippen LogP contribution in [0.15, 0.2) is 66.7 Å². The molecular formula is C29H30FN3O2. The van der Waals surface area contributed by atoms with Crippen molar-refractivity contribution in [3.63, 3.8) is 0 Å². The Bertz CT molecular complexity index is 1330. The Morgan fingerprint density at radius 1 is 1.03 bits per heavy atom. The quantitative estimate of drug-likeness (QED) is 0.306. The summed E-state index contributed by atoms with van der Waals surface area (Å²) in [6.45, 7) is 6.62. The molecule has 1 unspecified atom stereocenters. The third-order valence-corrected chi connectivity index (χ3v) is 6.54. The molecule has 1 aliphatic heterocycles. The molecule has 1 saturated heterocycles. The topological polar surface area (TPSA) is 47.4 Å². The number of nitrogens with zero attached hydrogens (tertiary/aromatic N) is 3. The number of aryl methyl sites for hydroxylation is 3. The molecule has 180 valence electrons.